The van der Waals surface area contributed by atoms with Gasteiger partial charge in [0, 0.05) is 37.1 Å². The molecule has 2 aromatic rings. The van der Waals surface area contributed by atoms with E-state index in [1.54, 1.807) is 0 Å². The van der Waals surface area contributed by atoms with E-state index in [-0.39, 0.29) is 41.6 Å². The zero-order valence-electron chi connectivity index (χ0n) is 28.5. The summed E-state index contributed by atoms with van der Waals surface area (Å²) in [5, 5.41) is 26.3. The number of ether oxygens (including phenoxy) is 1. The van der Waals surface area contributed by atoms with Crippen molar-refractivity contribution in [2.75, 3.05) is 37.8 Å². The third-order valence-electron chi connectivity index (χ3n) is 7.22. The molecule has 2 amide bonds. The van der Waals surface area contributed by atoms with Crippen LogP contribution >= 0.6 is 35.2 Å². The normalized spacial score (nSPS) is 22.2. The Kier molecular flexibility index (Phi) is 16.1. The number of carbonyl (C=O) groups is 3. The van der Waals surface area contributed by atoms with Crippen LogP contribution in [-0.2, 0) is 50.7 Å². The highest BCUT2D eigenvalue weighted by Crippen LogP contribution is 2.61. The van der Waals surface area contributed by atoms with Crippen molar-refractivity contribution >= 4 is 69.1 Å². The minimum Gasteiger partial charge on any atom is -0.386 e. The summed E-state index contributed by atoms with van der Waals surface area (Å²) < 4.78 is 61.9. The molecule has 4 unspecified atom stereocenters. The maximum absolute atomic E-state index is 12.6. The number of rotatable bonds is 21. The van der Waals surface area contributed by atoms with E-state index >= 15 is 0 Å². The van der Waals surface area contributed by atoms with E-state index in [0.717, 1.165) is 35.4 Å². The Morgan fingerprint density at radius 2 is 1.74 bits per heavy atom. The van der Waals surface area contributed by atoms with Gasteiger partial charge in [0.2, 0.25) is 11.8 Å². The lowest BCUT2D eigenvalue weighted by Gasteiger charge is -2.30. The number of nitrogens with zero attached hydrogens (tertiary/aromatic N) is 4. The average Bonchev–Trinajstić information content (AvgIpc) is 3.61. The SMILES string of the molecule is CCCC(=O)SCCNC(=O)CCNC(=O)[C@H](O)C(C)(C)COP(=O)(O)OP(=O)(O)OC[C@H]1O[C@@H](n2cnc3c(N)ncnc32)C(O)C1OP(=O)(O)O. The van der Waals surface area contributed by atoms with Crippen molar-refractivity contribution in [1.29, 1.82) is 0 Å². The number of aliphatic hydroxyl groups is 2. The van der Waals surface area contributed by atoms with Crippen molar-refractivity contribution in [2.45, 2.75) is 70.7 Å². The molecule has 2 aromatic heterocycles. The Labute approximate surface area is 306 Å². The fourth-order valence-corrected chi connectivity index (χ4v) is 8.18. The van der Waals surface area contributed by atoms with E-state index < -0.39 is 84.6 Å². The van der Waals surface area contributed by atoms with E-state index in [1.807, 2.05) is 6.92 Å². The van der Waals surface area contributed by atoms with E-state index in [1.165, 1.54) is 13.8 Å². The first-order valence-corrected chi connectivity index (χ1v) is 21.1. The van der Waals surface area contributed by atoms with Crippen LogP contribution < -0.4 is 16.4 Å². The number of fused-ring (bicyclic) bond motifs is 1. The summed E-state index contributed by atoms with van der Waals surface area (Å²) in [5.41, 5.74) is 4.27. The lowest BCUT2D eigenvalue weighted by Crippen LogP contribution is -2.46. The Hall–Kier alpha value is -2.44. The fraction of sp³-hybridized carbons (Fsp3) is 0.680. The van der Waals surface area contributed by atoms with Crippen molar-refractivity contribution < 1.29 is 80.5 Å². The number of nitrogens with two attached hydrogens (primary N) is 1. The Bertz CT molecular complexity index is 1750. The molecule has 0 radical (unpaired) electrons. The molecule has 10 N–H and O–H groups in total. The molecule has 1 fully saturated rings. The van der Waals surface area contributed by atoms with Gasteiger partial charge in [-0.2, -0.15) is 4.31 Å². The van der Waals surface area contributed by atoms with Gasteiger partial charge in [-0.15, -0.1) is 0 Å². The molecule has 300 valence electrons. The van der Waals surface area contributed by atoms with Crippen molar-refractivity contribution in [3.63, 3.8) is 0 Å². The van der Waals surface area contributed by atoms with Crippen LogP contribution in [0.5, 0.6) is 0 Å². The number of nitrogen functional groups attached to an aromatic ring is 1. The summed E-state index contributed by atoms with van der Waals surface area (Å²) in [7, 11) is -16.4. The summed E-state index contributed by atoms with van der Waals surface area (Å²) in [6.07, 6.45) is -5.73. The summed E-state index contributed by atoms with van der Waals surface area (Å²) >= 11 is 1.09. The molecule has 1 saturated heterocycles. The molecule has 1 aliphatic rings. The first-order valence-electron chi connectivity index (χ1n) is 15.6. The van der Waals surface area contributed by atoms with Crippen molar-refractivity contribution in [3.05, 3.63) is 12.7 Å². The Morgan fingerprint density at radius 1 is 1.06 bits per heavy atom. The van der Waals surface area contributed by atoms with Gasteiger partial charge in [-0.3, -0.25) is 32.5 Å². The maximum Gasteiger partial charge on any atom is 0.481 e. The Balaban J connectivity index is 1.52. The zero-order chi connectivity index (χ0) is 39.8. The highest BCUT2D eigenvalue weighted by molar-refractivity contribution is 8.13. The predicted octanol–water partition coefficient (Wildman–Crippen LogP) is -0.535. The number of carbonyl (C=O) groups excluding carboxylic acids is 3. The fourth-order valence-electron chi connectivity index (χ4n) is 4.57. The number of hydrogen-bond acceptors (Lipinski definition) is 18. The van der Waals surface area contributed by atoms with Gasteiger partial charge in [-0.25, -0.2) is 28.6 Å². The second-order valence-corrected chi connectivity index (χ2v) is 17.4. The molecule has 53 heavy (non-hydrogen) atoms. The van der Waals surface area contributed by atoms with Crippen LogP contribution in [0.25, 0.3) is 11.2 Å². The lowest BCUT2D eigenvalue weighted by atomic mass is 9.87. The van der Waals surface area contributed by atoms with Crippen LogP contribution in [0.4, 0.5) is 5.82 Å². The number of aliphatic hydroxyl groups excluding tert-OH is 2. The van der Waals surface area contributed by atoms with E-state index in [4.69, 9.17) is 19.5 Å². The topological polar surface area (TPSA) is 364 Å². The highest BCUT2D eigenvalue weighted by Gasteiger charge is 2.50. The smallest absolute Gasteiger partial charge is 0.386 e. The van der Waals surface area contributed by atoms with Crippen molar-refractivity contribution in [2.24, 2.45) is 5.41 Å². The van der Waals surface area contributed by atoms with Gasteiger partial charge in [0.15, 0.2) is 22.8 Å². The average molecular weight is 838 g/mol. The molecule has 3 rings (SSSR count). The minimum atomic E-state index is -5.56. The first kappa shape index (κ1) is 45.0. The number of hydrogen-bond donors (Lipinski definition) is 9. The molecular weight excluding hydrogens is 795 g/mol. The number of nitrogens with one attached hydrogen (secondary N) is 2. The number of phosphoric ester groups is 3. The quantitative estimate of drug-likeness (QED) is 0.0563. The second-order valence-electron chi connectivity index (χ2n) is 12.0. The zero-order valence-corrected chi connectivity index (χ0v) is 32.0. The number of aromatic nitrogens is 4. The number of anilines is 1. The summed E-state index contributed by atoms with van der Waals surface area (Å²) in [4.78, 5) is 86.8. The third kappa shape index (κ3) is 13.7. The summed E-state index contributed by atoms with van der Waals surface area (Å²) in [6.45, 7) is 2.41. The van der Waals surface area contributed by atoms with Crippen molar-refractivity contribution in [1.82, 2.24) is 30.2 Å². The number of thioether (sulfide) groups is 1. The molecule has 0 aliphatic carbocycles. The molecule has 0 spiro atoms. The molecule has 28 heteroatoms. The molecule has 1 aliphatic heterocycles. The van der Waals surface area contributed by atoms with Crippen molar-refractivity contribution in [3.8, 4) is 0 Å². The molecule has 0 bridgehead atoms. The van der Waals surface area contributed by atoms with E-state index in [9.17, 15) is 57.9 Å². The molecule has 24 nitrogen and oxygen atoms in total. The van der Waals surface area contributed by atoms with Gasteiger partial charge in [-0.1, -0.05) is 32.5 Å². The van der Waals surface area contributed by atoms with Crippen LogP contribution in [-0.4, -0.2) is 123 Å². The van der Waals surface area contributed by atoms with Crippen LogP contribution in [0.3, 0.4) is 0 Å². The predicted molar refractivity (Wildman–Crippen MR) is 182 cm³/mol. The van der Waals surface area contributed by atoms with Gasteiger partial charge < -0.3 is 50.9 Å². The monoisotopic (exact) mass is 837 g/mol. The van der Waals surface area contributed by atoms with E-state index in [0.29, 0.717) is 12.2 Å². The molecule has 3 heterocycles. The van der Waals surface area contributed by atoms with Crippen LogP contribution in [0.1, 0.15) is 46.3 Å². The van der Waals surface area contributed by atoms with Crippen LogP contribution in [0, 0.1) is 5.41 Å². The standard InChI is InChI=1S/C25H42N7O17P3S/c1-4-5-16(34)53-9-8-27-15(33)6-7-28-23(37)20(36)25(2,3)11-46-52(43,44)49-51(41,42)45-10-14-19(48-50(38,39)40)18(35)24(47-14)32-13-31-17-21(26)29-12-30-22(17)32/h12-14,18-20,24,35-36H,4-11H2,1-3H3,(H,27,33)(H,28,37)(H,41,42)(H,43,44)(H2,26,29,30)(H2,38,39,40)/t14-,18?,19?,20+,24-/m1/s1. The minimum absolute atomic E-state index is 0.0127. The molecule has 0 saturated carbocycles. The number of imidazole rings is 1. The van der Waals surface area contributed by atoms with Crippen LogP contribution in [0.2, 0.25) is 0 Å². The Morgan fingerprint density at radius 3 is 2.40 bits per heavy atom. The van der Waals surface area contributed by atoms with Gasteiger partial charge in [0.05, 0.1) is 19.5 Å². The van der Waals surface area contributed by atoms with Gasteiger partial charge in [-0.05, 0) is 6.42 Å². The largest absolute Gasteiger partial charge is 0.481 e. The molecule has 7 atom stereocenters. The first-order chi connectivity index (χ1) is 24.6. The summed E-state index contributed by atoms with van der Waals surface area (Å²) in [6, 6.07) is 0. The van der Waals surface area contributed by atoms with Gasteiger partial charge >= 0.3 is 23.5 Å². The number of amides is 2. The lowest BCUT2D eigenvalue weighted by molar-refractivity contribution is -0.137. The summed E-state index contributed by atoms with van der Waals surface area (Å²) in [5.74, 6) is -1.06. The highest BCUT2D eigenvalue weighted by atomic mass is 32.2. The maximum atomic E-state index is 12.6. The van der Waals surface area contributed by atoms with E-state index in [2.05, 4.69) is 34.4 Å². The third-order valence-corrected chi connectivity index (χ3v) is 11.3. The molecular formula is C25H42N7O17P3S. The number of phosphoric acid groups is 3. The van der Waals surface area contributed by atoms with Gasteiger partial charge in [0.1, 0.15) is 36.3 Å². The second kappa shape index (κ2) is 18.9. The van der Waals surface area contributed by atoms with Crippen LogP contribution in [0.15, 0.2) is 12.7 Å². The van der Waals surface area contributed by atoms with Gasteiger partial charge in [0.25, 0.3) is 0 Å². The molecule has 0 aromatic carbocycles.